The molecule has 0 spiro atoms. The molecule has 1 N–H and O–H groups in total. The van der Waals surface area contributed by atoms with E-state index in [9.17, 15) is 18.0 Å². The Bertz CT molecular complexity index is 1420. The summed E-state index contributed by atoms with van der Waals surface area (Å²) >= 11 is 0. The SMILES string of the molecule is Cc1nn(-c2ccc(C(F)(F)F)cn2)c(C)c1C(=O)N1CC2=CN(CCC3(c4ccccc4)CCNC3)CC2C1. The summed E-state index contributed by atoms with van der Waals surface area (Å²) in [7, 11) is 0. The van der Waals surface area contributed by atoms with Gasteiger partial charge < -0.3 is 15.1 Å². The summed E-state index contributed by atoms with van der Waals surface area (Å²) in [5, 5.41) is 8.00. The van der Waals surface area contributed by atoms with Crippen LogP contribution in [-0.2, 0) is 11.6 Å². The topological polar surface area (TPSA) is 66.3 Å². The molecule has 5 heterocycles. The minimum absolute atomic E-state index is 0.102. The second-order valence-corrected chi connectivity index (χ2v) is 11.3. The van der Waals surface area contributed by atoms with Crippen LogP contribution in [0.15, 0.2) is 60.4 Å². The lowest BCUT2D eigenvalue weighted by molar-refractivity contribution is -0.137. The molecule has 2 fully saturated rings. The van der Waals surface area contributed by atoms with E-state index in [1.54, 1.807) is 13.8 Å². The number of rotatable bonds is 6. The average molecular weight is 551 g/mol. The van der Waals surface area contributed by atoms with Gasteiger partial charge in [-0.3, -0.25) is 4.79 Å². The number of hydrogen-bond acceptors (Lipinski definition) is 5. The van der Waals surface area contributed by atoms with Crippen LogP contribution in [0.3, 0.4) is 0 Å². The normalized spacial score (nSPS) is 22.6. The van der Waals surface area contributed by atoms with Gasteiger partial charge in [-0.05, 0) is 56.5 Å². The van der Waals surface area contributed by atoms with Gasteiger partial charge in [0.2, 0.25) is 0 Å². The number of fused-ring (bicyclic) bond motifs is 1. The van der Waals surface area contributed by atoms with Crippen LogP contribution in [0.2, 0.25) is 0 Å². The first-order chi connectivity index (χ1) is 19.1. The van der Waals surface area contributed by atoms with Gasteiger partial charge in [0.15, 0.2) is 5.82 Å². The van der Waals surface area contributed by atoms with Crippen molar-refractivity contribution in [1.29, 1.82) is 0 Å². The van der Waals surface area contributed by atoms with E-state index in [0.717, 1.165) is 51.3 Å². The van der Waals surface area contributed by atoms with E-state index >= 15 is 0 Å². The predicted molar refractivity (Wildman–Crippen MR) is 145 cm³/mol. The highest BCUT2D eigenvalue weighted by Gasteiger charge is 2.39. The number of carbonyl (C=O) groups is 1. The number of aryl methyl sites for hydroxylation is 1. The Morgan fingerprint density at radius 2 is 1.93 bits per heavy atom. The van der Waals surface area contributed by atoms with Crippen molar-refractivity contribution in [3.63, 3.8) is 0 Å². The number of nitrogens with one attached hydrogen (secondary N) is 1. The summed E-state index contributed by atoms with van der Waals surface area (Å²) in [5.41, 5.74) is 3.61. The molecule has 2 saturated heterocycles. The van der Waals surface area contributed by atoms with Crippen LogP contribution in [0.5, 0.6) is 0 Å². The third-order valence-corrected chi connectivity index (χ3v) is 8.73. The summed E-state index contributed by atoms with van der Waals surface area (Å²) in [6.45, 7) is 8.66. The molecule has 210 valence electrons. The summed E-state index contributed by atoms with van der Waals surface area (Å²) in [5.74, 6) is 0.454. The number of likely N-dealkylation sites (tertiary alicyclic amines) is 1. The molecule has 10 heteroatoms. The van der Waals surface area contributed by atoms with Crippen LogP contribution in [0.1, 0.15) is 45.7 Å². The molecule has 0 saturated carbocycles. The molecular weight excluding hydrogens is 517 g/mol. The van der Waals surface area contributed by atoms with Crippen LogP contribution >= 0.6 is 0 Å². The monoisotopic (exact) mass is 550 g/mol. The van der Waals surface area contributed by atoms with E-state index < -0.39 is 11.7 Å². The van der Waals surface area contributed by atoms with Gasteiger partial charge in [0.05, 0.1) is 22.5 Å². The molecule has 1 amide bonds. The Morgan fingerprint density at radius 3 is 2.58 bits per heavy atom. The van der Waals surface area contributed by atoms with E-state index in [2.05, 4.69) is 56.8 Å². The maximum absolute atomic E-state index is 13.6. The maximum Gasteiger partial charge on any atom is 0.417 e. The van der Waals surface area contributed by atoms with Gasteiger partial charge in [0, 0.05) is 56.5 Å². The number of amides is 1. The zero-order valence-corrected chi connectivity index (χ0v) is 22.7. The van der Waals surface area contributed by atoms with Crippen molar-refractivity contribution in [2.24, 2.45) is 5.92 Å². The third kappa shape index (κ3) is 4.78. The lowest BCUT2D eigenvalue weighted by atomic mass is 9.77. The Morgan fingerprint density at radius 1 is 1.12 bits per heavy atom. The van der Waals surface area contributed by atoms with Gasteiger partial charge in [-0.2, -0.15) is 18.3 Å². The van der Waals surface area contributed by atoms with Crippen LogP contribution in [0.4, 0.5) is 13.2 Å². The first kappa shape index (κ1) is 26.6. The fourth-order valence-corrected chi connectivity index (χ4v) is 6.51. The van der Waals surface area contributed by atoms with Gasteiger partial charge in [-0.15, -0.1) is 0 Å². The highest BCUT2D eigenvalue weighted by molar-refractivity contribution is 5.97. The molecule has 0 bridgehead atoms. The number of aromatic nitrogens is 3. The maximum atomic E-state index is 13.6. The second-order valence-electron chi connectivity index (χ2n) is 11.3. The lowest BCUT2D eigenvalue weighted by Crippen LogP contribution is -2.35. The predicted octanol–water partition coefficient (Wildman–Crippen LogP) is 4.50. The number of pyridine rings is 1. The van der Waals surface area contributed by atoms with Crippen molar-refractivity contribution in [2.75, 3.05) is 39.3 Å². The number of halogens is 3. The number of hydrogen-bond donors (Lipinski definition) is 1. The minimum Gasteiger partial charge on any atom is -0.377 e. The molecule has 1 aromatic carbocycles. The molecular formula is C30H33F3N6O. The summed E-state index contributed by atoms with van der Waals surface area (Å²) in [6.07, 6.45) is 0.795. The Balaban J connectivity index is 1.12. The zero-order valence-electron chi connectivity index (χ0n) is 22.7. The average Bonchev–Trinajstić information content (AvgIpc) is 3.71. The zero-order chi connectivity index (χ0) is 28.1. The quantitative estimate of drug-likeness (QED) is 0.490. The van der Waals surface area contributed by atoms with Crippen molar-refractivity contribution >= 4 is 5.91 Å². The molecule has 7 nitrogen and oxygen atoms in total. The number of benzene rings is 1. The van der Waals surface area contributed by atoms with E-state index in [1.807, 2.05) is 4.90 Å². The number of nitrogens with zero attached hydrogens (tertiary/aromatic N) is 5. The lowest BCUT2D eigenvalue weighted by Gasteiger charge is -2.31. The Hall–Kier alpha value is -3.66. The smallest absolute Gasteiger partial charge is 0.377 e. The molecule has 3 aliphatic rings. The van der Waals surface area contributed by atoms with E-state index in [4.69, 9.17) is 0 Å². The summed E-state index contributed by atoms with van der Waals surface area (Å²) in [4.78, 5) is 21.8. The van der Waals surface area contributed by atoms with Gasteiger partial charge >= 0.3 is 6.18 Å². The Labute approximate surface area is 231 Å². The molecule has 2 unspecified atom stereocenters. The van der Waals surface area contributed by atoms with Crippen molar-refractivity contribution in [3.8, 4) is 5.82 Å². The first-order valence-corrected chi connectivity index (χ1v) is 13.7. The largest absolute Gasteiger partial charge is 0.417 e. The first-order valence-electron chi connectivity index (χ1n) is 13.7. The summed E-state index contributed by atoms with van der Waals surface area (Å²) < 4.78 is 40.3. The van der Waals surface area contributed by atoms with Gasteiger partial charge in [-0.25, -0.2) is 9.67 Å². The van der Waals surface area contributed by atoms with Crippen LogP contribution < -0.4 is 5.32 Å². The molecule has 2 aromatic heterocycles. The summed E-state index contributed by atoms with van der Waals surface area (Å²) in [6, 6.07) is 13.1. The molecule has 3 aromatic rings. The van der Waals surface area contributed by atoms with E-state index in [0.29, 0.717) is 36.0 Å². The van der Waals surface area contributed by atoms with Gasteiger partial charge in [-0.1, -0.05) is 30.3 Å². The molecule has 0 radical (unpaired) electrons. The fourth-order valence-electron chi connectivity index (χ4n) is 6.51. The highest BCUT2D eigenvalue weighted by atomic mass is 19.4. The van der Waals surface area contributed by atoms with Gasteiger partial charge in [0.1, 0.15) is 0 Å². The second kappa shape index (κ2) is 10.1. The standard InChI is InChI=1S/C30H33F3N6O/c1-20-27(21(2)39(36-20)26-9-8-25(14-35-26)30(31,32)33)28(40)38-17-22-15-37(16-23(22)18-38)13-11-29(10-12-34-19-29)24-6-4-3-5-7-24/h3-9,14-15,23,34H,10-13,16-19H2,1-2H3. The van der Waals surface area contributed by atoms with Crippen molar-refractivity contribution in [2.45, 2.75) is 38.3 Å². The molecule has 0 aliphatic carbocycles. The molecule has 6 rings (SSSR count). The number of carbonyl (C=O) groups excluding carboxylic acids is 1. The van der Waals surface area contributed by atoms with Crippen LogP contribution in [-0.4, -0.2) is 69.7 Å². The number of alkyl halides is 3. The van der Waals surface area contributed by atoms with Crippen molar-refractivity contribution in [1.82, 2.24) is 29.9 Å². The molecule has 40 heavy (non-hydrogen) atoms. The third-order valence-electron chi connectivity index (χ3n) is 8.73. The molecule has 3 aliphatic heterocycles. The van der Waals surface area contributed by atoms with E-state index in [1.165, 1.54) is 21.9 Å². The fraction of sp³-hybridized carbons (Fsp3) is 0.433. The van der Waals surface area contributed by atoms with Crippen LogP contribution in [0.25, 0.3) is 5.82 Å². The Kier molecular flexibility index (Phi) is 6.68. The van der Waals surface area contributed by atoms with Crippen LogP contribution in [0, 0.1) is 19.8 Å². The molecule has 2 atom stereocenters. The van der Waals surface area contributed by atoms with Crippen molar-refractivity contribution < 1.29 is 18.0 Å². The highest BCUT2D eigenvalue weighted by Crippen LogP contribution is 2.37. The van der Waals surface area contributed by atoms with Gasteiger partial charge in [0.25, 0.3) is 5.91 Å². The van der Waals surface area contributed by atoms with Crippen molar-refractivity contribution in [3.05, 3.63) is 88.5 Å². The van der Waals surface area contributed by atoms with E-state index in [-0.39, 0.29) is 17.1 Å². The minimum atomic E-state index is -4.46.